The summed E-state index contributed by atoms with van der Waals surface area (Å²) in [4.78, 5) is 21.7. The summed E-state index contributed by atoms with van der Waals surface area (Å²) in [5, 5.41) is 13.4. The number of hydrogen-bond donors (Lipinski definition) is 1. The van der Waals surface area contributed by atoms with Gasteiger partial charge in [-0.1, -0.05) is 0 Å². The molecule has 1 aliphatic carbocycles. The molecule has 0 aromatic heterocycles. The van der Waals surface area contributed by atoms with Gasteiger partial charge < -0.3 is 10.1 Å². The van der Waals surface area contributed by atoms with E-state index in [9.17, 15) is 19.3 Å². The van der Waals surface area contributed by atoms with Gasteiger partial charge >= 0.3 is 5.69 Å². The van der Waals surface area contributed by atoms with Gasteiger partial charge in [-0.25, -0.2) is 0 Å². The highest BCUT2D eigenvalue weighted by molar-refractivity contribution is 5.95. The number of hydrogen-bond acceptors (Lipinski definition) is 4. The molecule has 0 spiro atoms. The molecule has 0 radical (unpaired) electrons. The number of nitrogens with one attached hydrogen (secondary N) is 1. The molecule has 1 N–H and O–H groups in total. The van der Waals surface area contributed by atoms with Crippen molar-refractivity contribution in [1.82, 2.24) is 5.32 Å². The first-order valence-corrected chi connectivity index (χ1v) is 6.37. The third-order valence-electron chi connectivity index (χ3n) is 3.24. The van der Waals surface area contributed by atoms with Crippen LogP contribution >= 0.6 is 0 Å². The summed E-state index contributed by atoms with van der Waals surface area (Å²) < 4.78 is 18.5. The highest BCUT2D eigenvalue weighted by Gasteiger charge is 2.31. The lowest BCUT2D eigenvalue weighted by molar-refractivity contribution is -0.387. The molecular weight excluding hydrogens is 267 g/mol. The van der Waals surface area contributed by atoms with Gasteiger partial charge in [-0.15, -0.1) is 0 Å². The molecule has 0 aliphatic heterocycles. The van der Waals surface area contributed by atoms with Crippen molar-refractivity contribution in [2.45, 2.75) is 31.9 Å². The maximum absolute atomic E-state index is 13.2. The predicted molar refractivity (Wildman–Crippen MR) is 69.0 cm³/mol. The second kappa shape index (κ2) is 5.96. The quantitative estimate of drug-likeness (QED) is 0.661. The molecule has 1 aromatic rings. The molecule has 108 valence electrons. The van der Waals surface area contributed by atoms with Crippen LogP contribution in [0.25, 0.3) is 0 Å². The first-order chi connectivity index (χ1) is 9.51. The van der Waals surface area contributed by atoms with E-state index in [0.717, 1.165) is 25.0 Å². The second-order valence-electron chi connectivity index (χ2n) is 4.64. The van der Waals surface area contributed by atoms with Crippen molar-refractivity contribution >= 4 is 11.6 Å². The van der Waals surface area contributed by atoms with Crippen molar-refractivity contribution < 1.29 is 18.8 Å². The van der Waals surface area contributed by atoms with Crippen LogP contribution in [-0.2, 0) is 4.74 Å². The lowest BCUT2D eigenvalue weighted by Crippen LogP contribution is -2.47. The number of carbonyl (C=O) groups excluding carboxylic acids is 1. The van der Waals surface area contributed by atoms with E-state index < -0.39 is 22.3 Å². The van der Waals surface area contributed by atoms with Crippen molar-refractivity contribution in [3.8, 4) is 0 Å². The van der Waals surface area contributed by atoms with E-state index in [0.29, 0.717) is 6.61 Å². The fraction of sp³-hybridized carbons (Fsp3) is 0.462. The van der Waals surface area contributed by atoms with Gasteiger partial charge in [0, 0.05) is 24.3 Å². The number of nitrogens with zero attached hydrogens (tertiary/aromatic N) is 1. The Bertz CT molecular complexity index is 529. The molecular formula is C13H15FN2O4. The smallest absolute Gasteiger partial charge is 0.305 e. The molecule has 0 unspecified atom stereocenters. The highest BCUT2D eigenvalue weighted by Crippen LogP contribution is 2.24. The Kier molecular flexibility index (Phi) is 4.29. The number of nitro groups is 1. The maximum Gasteiger partial charge on any atom is 0.305 e. The zero-order valence-corrected chi connectivity index (χ0v) is 11.0. The lowest BCUT2D eigenvalue weighted by atomic mass is 9.89. The molecule has 2 rings (SSSR count). The van der Waals surface area contributed by atoms with E-state index in [1.54, 1.807) is 0 Å². The number of amides is 1. The third-order valence-corrected chi connectivity index (χ3v) is 3.24. The molecule has 0 bridgehead atoms. The first kappa shape index (κ1) is 14.4. The van der Waals surface area contributed by atoms with Crippen LogP contribution in [0.15, 0.2) is 18.2 Å². The minimum atomic E-state index is -0.952. The normalized spacial score (nSPS) is 21.1. The van der Waals surface area contributed by atoms with Crippen LogP contribution in [0.3, 0.4) is 0 Å². The van der Waals surface area contributed by atoms with Gasteiger partial charge in [0.2, 0.25) is 5.82 Å². The van der Waals surface area contributed by atoms with Crippen molar-refractivity contribution in [3.05, 3.63) is 39.7 Å². The maximum atomic E-state index is 13.2. The molecule has 1 aliphatic rings. The van der Waals surface area contributed by atoms with E-state index >= 15 is 0 Å². The largest absolute Gasteiger partial charge is 0.378 e. The summed E-state index contributed by atoms with van der Waals surface area (Å²) in [5.41, 5.74) is -0.614. The third kappa shape index (κ3) is 3.11. The van der Waals surface area contributed by atoms with E-state index in [2.05, 4.69) is 5.32 Å². The average molecular weight is 282 g/mol. The predicted octanol–water partition coefficient (Wildman–Crippen LogP) is 2.03. The number of carbonyl (C=O) groups is 1. The molecule has 1 fully saturated rings. The molecule has 1 amide bonds. The van der Waals surface area contributed by atoms with Crippen molar-refractivity contribution in [2.75, 3.05) is 6.61 Å². The van der Waals surface area contributed by atoms with Gasteiger partial charge in [-0.05, 0) is 31.9 Å². The average Bonchev–Trinajstić information content (AvgIpc) is 2.36. The van der Waals surface area contributed by atoms with Crippen LogP contribution < -0.4 is 5.32 Å². The van der Waals surface area contributed by atoms with Crippen LogP contribution in [0.5, 0.6) is 0 Å². The fourth-order valence-electron chi connectivity index (χ4n) is 2.12. The fourth-order valence-corrected chi connectivity index (χ4v) is 2.12. The van der Waals surface area contributed by atoms with Gasteiger partial charge in [-0.2, -0.15) is 4.39 Å². The summed E-state index contributed by atoms with van der Waals surface area (Å²) in [6, 6.07) is 3.11. The number of halogens is 1. The molecule has 20 heavy (non-hydrogen) atoms. The molecule has 1 aromatic carbocycles. The van der Waals surface area contributed by atoms with Crippen LogP contribution in [-0.4, -0.2) is 29.6 Å². The van der Waals surface area contributed by atoms with Crippen molar-refractivity contribution in [3.63, 3.8) is 0 Å². The van der Waals surface area contributed by atoms with E-state index in [1.165, 1.54) is 6.07 Å². The number of benzene rings is 1. The second-order valence-corrected chi connectivity index (χ2v) is 4.64. The Morgan fingerprint density at radius 3 is 2.85 bits per heavy atom. The van der Waals surface area contributed by atoms with E-state index in [-0.39, 0.29) is 17.7 Å². The Morgan fingerprint density at radius 1 is 1.55 bits per heavy atom. The van der Waals surface area contributed by atoms with E-state index in [4.69, 9.17) is 4.74 Å². The Balaban J connectivity index is 1.97. The lowest BCUT2D eigenvalue weighted by Gasteiger charge is -2.35. The number of nitro benzene ring substituents is 1. The summed E-state index contributed by atoms with van der Waals surface area (Å²) in [7, 11) is 0. The summed E-state index contributed by atoms with van der Waals surface area (Å²) in [6.07, 6.45) is 1.61. The topological polar surface area (TPSA) is 81.5 Å². The Labute approximate surface area is 115 Å². The van der Waals surface area contributed by atoms with Crippen LogP contribution in [0.1, 0.15) is 30.1 Å². The Hall–Kier alpha value is -2.02. The minimum Gasteiger partial charge on any atom is -0.378 e. The van der Waals surface area contributed by atoms with Crippen molar-refractivity contribution in [1.29, 1.82) is 0 Å². The van der Waals surface area contributed by atoms with Gasteiger partial charge in [0.25, 0.3) is 5.91 Å². The SMILES string of the molecule is CCOC1CC(NC(=O)c2ccc(F)c([N+](=O)[O-])c2)C1. The standard InChI is InChI=1S/C13H15FN2O4/c1-2-20-10-6-9(7-10)15-13(17)8-3-4-11(14)12(5-8)16(18)19/h3-5,9-10H,2,6-7H2,1H3,(H,15,17). The van der Waals surface area contributed by atoms with E-state index in [1.807, 2.05) is 6.92 Å². The van der Waals surface area contributed by atoms with Gasteiger partial charge in [0.15, 0.2) is 0 Å². The molecule has 6 nitrogen and oxygen atoms in total. The van der Waals surface area contributed by atoms with Crippen molar-refractivity contribution in [2.24, 2.45) is 0 Å². The number of ether oxygens (including phenoxy) is 1. The summed E-state index contributed by atoms with van der Waals surface area (Å²) in [5.74, 6) is -1.39. The molecule has 7 heteroatoms. The molecule has 1 saturated carbocycles. The Morgan fingerprint density at radius 2 is 2.25 bits per heavy atom. The molecule has 0 atom stereocenters. The van der Waals surface area contributed by atoms with Crippen LogP contribution in [0.2, 0.25) is 0 Å². The monoisotopic (exact) mass is 282 g/mol. The first-order valence-electron chi connectivity index (χ1n) is 6.37. The van der Waals surface area contributed by atoms with Crippen LogP contribution in [0, 0.1) is 15.9 Å². The van der Waals surface area contributed by atoms with Gasteiger partial charge in [-0.3, -0.25) is 14.9 Å². The zero-order chi connectivity index (χ0) is 14.7. The summed E-state index contributed by atoms with van der Waals surface area (Å²) in [6.45, 7) is 2.54. The summed E-state index contributed by atoms with van der Waals surface area (Å²) >= 11 is 0. The van der Waals surface area contributed by atoms with Gasteiger partial charge in [0.05, 0.1) is 11.0 Å². The number of rotatable bonds is 5. The van der Waals surface area contributed by atoms with Gasteiger partial charge in [0.1, 0.15) is 0 Å². The molecule has 0 saturated heterocycles. The zero-order valence-electron chi connectivity index (χ0n) is 11.0. The van der Waals surface area contributed by atoms with Crippen LogP contribution in [0.4, 0.5) is 10.1 Å². The highest BCUT2D eigenvalue weighted by atomic mass is 19.1. The minimum absolute atomic E-state index is 0.00293. The molecule has 0 heterocycles.